The molecule has 0 spiro atoms. The molecule has 1 aromatic heterocycles. The minimum absolute atomic E-state index is 0.0179. The van der Waals surface area contributed by atoms with Crippen LogP contribution in [0.15, 0.2) is 54.7 Å². The number of carbonyl (C=O) groups excluding carboxylic acids is 4. The number of amides is 2. The highest BCUT2D eigenvalue weighted by molar-refractivity contribution is 7.81. The van der Waals surface area contributed by atoms with Crippen LogP contribution in [0.2, 0.25) is 0 Å². The summed E-state index contributed by atoms with van der Waals surface area (Å²) in [4.78, 5) is 60.4. The molecule has 2 unspecified atom stereocenters. The lowest BCUT2D eigenvalue weighted by molar-refractivity contribution is -0.138. The van der Waals surface area contributed by atoms with E-state index in [4.69, 9.17) is 17.0 Å². The van der Waals surface area contributed by atoms with Gasteiger partial charge < -0.3 is 20.3 Å². The van der Waals surface area contributed by atoms with Crippen molar-refractivity contribution in [3.05, 3.63) is 71.4 Å². The van der Waals surface area contributed by atoms with Crippen LogP contribution in [0.25, 0.3) is 0 Å². The molecular formula is C44H50F3N7O5S. The number of aromatic nitrogens is 1. The van der Waals surface area contributed by atoms with E-state index in [0.717, 1.165) is 41.9 Å². The predicted octanol–water partition coefficient (Wildman–Crippen LogP) is 8.01. The van der Waals surface area contributed by atoms with E-state index in [1.165, 1.54) is 6.07 Å². The average molecular weight is 846 g/mol. The molecule has 3 fully saturated rings. The number of anilines is 4. The van der Waals surface area contributed by atoms with Crippen LogP contribution in [-0.2, 0) is 25.4 Å². The Balaban J connectivity index is 1.05. The Morgan fingerprint density at radius 1 is 1.05 bits per heavy atom. The molecule has 0 bridgehead atoms. The number of nitrogens with zero attached hydrogens (tertiary/aromatic N) is 5. The number of ketones is 2. The lowest BCUT2D eigenvalue weighted by atomic mass is 9.85. The molecule has 0 radical (unpaired) electrons. The number of likely N-dealkylation sites (tertiary alicyclic amines) is 1. The molecule has 2 saturated heterocycles. The first kappa shape index (κ1) is 44.2. The number of hydrogen-bond acceptors (Lipinski definition) is 10. The third-order valence-electron chi connectivity index (χ3n) is 11.6. The predicted molar refractivity (Wildman–Crippen MR) is 226 cm³/mol. The van der Waals surface area contributed by atoms with Gasteiger partial charge in [0.15, 0.2) is 10.9 Å². The SMILES string of the molecule is CC(C)c1cc(N2C(=S)N(c3ccc(C#N)c(C(F)(F)F)c3)C(=O)C2(C)C)cnc1OCCC1C[C@@H](C)N(CC(=O)Nc2cccc(NC3CCC(=O)CC3=O)c2)[C@@H](C)C1. The highest BCUT2D eigenvalue weighted by atomic mass is 32.1. The number of hydrogen-bond donors (Lipinski definition) is 2. The van der Waals surface area contributed by atoms with Crippen LogP contribution < -0.4 is 25.2 Å². The van der Waals surface area contributed by atoms with Gasteiger partial charge in [-0.25, -0.2) is 4.98 Å². The molecule has 2 amide bonds. The summed E-state index contributed by atoms with van der Waals surface area (Å²) in [6.45, 7) is 12.1. The van der Waals surface area contributed by atoms with Gasteiger partial charge in [0.1, 0.15) is 11.3 Å². The maximum Gasteiger partial charge on any atom is 0.417 e. The van der Waals surface area contributed by atoms with Crippen molar-refractivity contribution in [3.63, 3.8) is 0 Å². The number of rotatable bonds is 12. The van der Waals surface area contributed by atoms with Crippen molar-refractivity contribution in [2.75, 3.05) is 33.6 Å². The molecule has 12 nitrogen and oxygen atoms in total. The highest BCUT2D eigenvalue weighted by Crippen LogP contribution is 2.41. The number of benzene rings is 2. The van der Waals surface area contributed by atoms with Crippen LogP contribution in [0.5, 0.6) is 5.88 Å². The quantitative estimate of drug-likeness (QED) is 0.135. The first-order chi connectivity index (χ1) is 28.3. The molecule has 6 rings (SSSR count). The van der Waals surface area contributed by atoms with Gasteiger partial charge in [0.2, 0.25) is 11.8 Å². The van der Waals surface area contributed by atoms with E-state index in [0.29, 0.717) is 48.3 Å². The molecule has 2 N–H and O–H groups in total. The Morgan fingerprint density at radius 2 is 1.75 bits per heavy atom. The Kier molecular flexibility index (Phi) is 13.0. The lowest BCUT2D eigenvalue weighted by Crippen LogP contribution is -2.49. The molecular weight excluding hydrogens is 796 g/mol. The van der Waals surface area contributed by atoms with Crippen molar-refractivity contribution in [2.45, 2.75) is 116 Å². The van der Waals surface area contributed by atoms with Crippen LogP contribution >= 0.6 is 12.2 Å². The smallest absolute Gasteiger partial charge is 0.417 e. The minimum Gasteiger partial charge on any atom is -0.477 e. The second-order valence-electron chi connectivity index (χ2n) is 16.8. The third kappa shape index (κ3) is 9.47. The molecule has 3 heterocycles. The summed E-state index contributed by atoms with van der Waals surface area (Å²) >= 11 is 5.73. The summed E-state index contributed by atoms with van der Waals surface area (Å²) in [7, 11) is 0. The molecule has 2 aromatic carbocycles. The number of alkyl halides is 3. The average Bonchev–Trinajstić information content (AvgIpc) is 3.35. The van der Waals surface area contributed by atoms with Crippen molar-refractivity contribution < 1.29 is 37.1 Å². The Bertz CT molecular complexity index is 2210. The number of halogens is 3. The summed E-state index contributed by atoms with van der Waals surface area (Å²) in [5.74, 6) is -0.0672. The molecule has 3 aromatic rings. The number of Topliss-reactive ketones (excluding diaryl/α,β-unsaturated/α-hetero) is 2. The number of ether oxygens (including phenoxy) is 1. The van der Waals surface area contributed by atoms with Gasteiger partial charge in [0, 0.05) is 35.4 Å². The number of pyridine rings is 1. The molecule has 318 valence electrons. The van der Waals surface area contributed by atoms with E-state index in [-0.39, 0.29) is 59.2 Å². The van der Waals surface area contributed by atoms with Gasteiger partial charge >= 0.3 is 6.18 Å². The molecule has 4 atom stereocenters. The summed E-state index contributed by atoms with van der Waals surface area (Å²) in [6, 6.07) is 13.6. The number of nitrogens with one attached hydrogen (secondary N) is 2. The molecule has 16 heteroatoms. The molecule has 1 aliphatic carbocycles. The minimum atomic E-state index is -4.81. The highest BCUT2D eigenvalue weighted by Gasteiger charge is 2.51. The standard InChI is InChI=1S/C44H50F3N7O5S/c1-25(2)35-19-33(54-42(60)53(41(58)43(54,5)6)32-11-10-29(22-48)36(20-32)44(45,46)47)23-49-40(35)59-15-14-28-16-26(3)52(27(4)17-28)24-39(57)51-31-9-7-8-30(18-31)50-37-13-12-34(55)21-38(37)56/h7-11,18-20,23,25-28,37,50H,12-17,21,24H2,1-6H3,(H,51,57)/t26-,27+,28?,37?. The first-order valence-corrected chi connectivity index (χ1v) is 20.6. The van der Waals surface area contributed by atoms with Gasteiger partial charge in [-0.1, -0.05) is 19.9 Å². The van der Waals surface area contributed by atoms with Crippen molar-refractivity contribution in [3.8, 4) is 11.9 Å². The zero-order valence-electron chi connectivity index (χ0n) is 34.6. The first-order valence-electron chi connectivity index (χ1n) is 20.2. The van der Waals surface area contributed by atoms with Gasteiger partial charge in [-0.2, -0.15) is 18.4 Å². The Hall–Kier alpha value is -5.40. The maximum absolute atomic E-state index is 13.8. The van der Waals surface area contributed by atoms with Crippen molar-refractivity contribution in [1.82, 2.24) is 9.88 Å². The largest absolute Gasteiger partial charge is 0.477 e. The fraction of sp³-hybridized carbons (Fsp3) is 0.477. The van der Waals surface area contributed by atoms with Crippen molar-refractivity contribution >= 4 is 63.5 Å². The summed E-state index contributed by atoms with van der Waals surface area (Å²) in [5, 5.41) is 15.4. The van der Waals surface area contributed by atoms with Crippen LogP contribution in [-0.4, -0.2) is 75.2 Å². The molecule has 3 aliphatic rings. The van der Waals surface area contributed by atoms with Gasteiger partial charge in [-0.05, 0) is 120 Å². The van der Waals surface area contributed by atoms with Gasteiger partial charge in [-0.3, -0.25) is 29.0 Å². The summed E-state index contributed by atoms with van der Waals surface area (Å²) in [6.07, 6.45) is 0.0336. The topological polar surface area (TPSA) is 148 Å². The second kappa shape index (κ2) is 17.7. The van der Waals surface area contributed by atoms with E-state index >= 15 is 0 Å². The van der Waals surface area contributed by atoms with E-state index in [1.54, 1.807) is 43.1 Å². The monoisotopic (exact) mass is 845 g/mol. The fourth-order valence-electron chi connectivity index (χ4n) is 8.49. The zero-order valence-corrected chi connectivity index (χ0v) is 35.4. The van der Waals surface area contributed by atoms with Crippen molar-refractivity contribution in [1.29, 1.82) is 5.26 Å². The van der Waals surface area contributed by atoms with Crippen LogP contribution in [0.4, 0.5) is 35.9 Å². The lowest BCUT2D eigenvalue weighted by Gasteiger charge is -2.42. The van der Waals surface area contributed by atoms with E-state index in [2.05, 4.69) is 34.4 Å². The van der Waals surface area contributed by atoms with Gasteiger partial charge in [0.25, 0.3) is 5.91 Å². The van der Waals surface area contributed by atoms with E-state index < -0.39 is 34.8 Å². The maximum atomic E-state index is 13.8. The summed E-state index contributed by atoms with van der Waals surface area (Å²) in [5.41, 5.74) is -0.484. The van der Waals surface area contributed by atoms with Gasteiger partial charge in [-0.15, -0.1) is 0 Å². The number of nitriles is 1. The molecule has 60 heavy (non-hydrogen) atoms. The molecule has 1 saturated carbocycles. The van der Waals surface area contributed by atoms with Crippen LogP contribution in [0.3, 0.4) is 0 Å². The number of thiocarbonyl (C=S) groups is 1. The normalized spacial score (nSPS) is 22.3. The van der Waals surface area contributed by atoms with Crippen LogP contribution in [0.1, 0.15) is 103 Å². The molecule has 2 aliphatic heterocycles. The Morgan fingerprint density at radius 3 is 2.40 bits per heavy atom. The summed E-state index contributed by atoms with van der Waals surface area (Å²) < 4.78 is 47.7. The number of piperidine rings is 1. The second-order valence-corrected chi connectivity index (χ2v) is 17.2. The third-order valence-corrected chi connectivity index (χ3v) is 12.0. The fourth-order valence-corrected chi connectivity index (χ4v) is 9.01. The zero-order chi connectivity index (χ0) is 43.7. The van der Waals surface area contributed by atoms with E-state index in [1.807, 2.05) is 32.0 Å². The van der Waals surface area contributed by atoms with E-state index in [9.17, 15) is 37.6 Å². The number of carbonyl (C=O) groups is 4. The van der Waals surface area contributed by atoms with Gasteiger partial charge in [0.05, 0.1) is 60.4 Å². The Labute approximate surface area is 353 Å². The van der Waals surface area contributed by atoms with Crippen LogP contribution in [0, 0.1) is 17.2 Å². The van der Waals surface area contributed by atoms with Crippen molar-refractivity contribution in [2.24, 2.45) is 5.92 Å².